The number of carbonyl (C=O) groups is 1. The molecule has 0 saturated heterocycles. The average Bonchev–Trinajstić information content (AvgIpc) is 2.82. The predicted molar refractivity (Wildman–Crippen MR) is 77.7 cm³/mol. The molecule has 0 unspecified atom stereocenters. The lowest BCUT2D eigenvalue weighted by atomic mass is 10.1. The van der Waals surface area contributed by atoms with Gasteiger partial charge < -0.3 is 4.74 Å². The molecule has 0 aliphatic rings. The van der Waals surface area contributed by atoms with Gasteiger partial charge in [0.2, 0.25) is 5.78 Å². The van der Waals surface area contributed by atoms with Crippen molar-refractivity contribution in [3.05, 3.63) is 50.6 Å². The third kappa shape index (κ3) is 3.00. The Hall–Kier alpha value is -1.13. The van der Waals surface area contributed by atoms with Crippen LogP contribution in [0.5, 0.6) is 5.75 Å². The highest BCUT2D eigenvalue weighted by Gasteiger charge is 2.14. The quantitative estimate of drug-likeness (QED) is 0.755. The first-order chi connectivity index (χ1) is 8.72. The van der Waals surface area contributed by atoms with Gasteiger partial charge in [0.05, 0.1) is 11.5 Å². The molecule has 18 heavy (non-hydrogen) atoms. The number of halogens is 1. The minimum Gasteiger partial charge on any atom is -0.494 e. The van der Waals surface area contributed by atoms with E-state index >= 15 is 0 Å². The molecule has 0 radical (unpaired) electrons. The van der Waals surface area contributed by atoms with Crippen molar-refractivity contribution in [3.63, 3.8) is 0 Å². The molecule has 0 saturated carbocycles. The van der Waals surface area contributed by atoms with Crippen molar-refractivity contribution >= 4 is 33.0 Å². The Morgan fingerprint density at radius 3 is 2.89 bits per heavy atom. The predicted octanol–water partition coefficient (Wildman–Crippen LogP) is 4.53. The second-order valence-corrected chi connectivity index (χ2v) is 5.57. The van der Waals surface area contributed by atoms with Gasteiger partial charge in [0.15, 0.2) is 0 Å². The number of thiophene rings is 1. The molecular formula is C14H13BrO2S. The molecule has 1 aromatic heterocycles. The molecule has 2 rings (SSSR count). The summed E-state index contributed by atoms with van der Waals surface area (Å²) in [6.45, 7) is 2.72. The fourth-order valence-electron chi connectivity index (χ4n) is 1.53. The summed E-state index contributed by atoms with van der Waals surface area (Å²) in [5.41, 5.74) is 0.659. The summed E-state index contributed by atoms with van der Waals surface area (Å²) in [5.74, 6) is 0.772. The Balaban J connectivity index is 2.23. The number of hydrogen-bond donors (Lipinski definition) is 0. The summed E-state index contributed by atoms with van der Waals surface area (Å²) < 4.78 is 6.38. The van der Waals surface area contributed by atoms with Gasteiger partial charge in [-0.15, -0.1) is 11.3 Å². The lowest BCUT2D eigenvalue weighted by Crippen LogP contribution is -2.01. The van der Waals surface area contributed by atoms with Crippen LogP contribution in [0.25, 0.3) is 0 Å². The molecule has 1 aromatic carbocycles. The van der Waals surface area contributed by atoms with Crippen LogP contribution < -0.4 is 4.74 Å². The van der Waals surface area contributed by atoms with Gasteiger partial charge in [-0.2, -0.15) is 0 Å². The van der Waals surface area contributed by atoms with Crippen molar-refractivity contribution in [2.45, 2.75) is 13.3 Å². The summed E-state index contributed by atoms with van der Waals surface area (Å²) in [7, 11) is 0. The van der Waals surface area contributed by atoms with E-state index in [9.17, 15) is 4.79 Å². The Bertz CT molecular complexity index is 548. The van der Waals surface area contributed by atoms with Gasteiger partial charge in [0.25, 0.3) is 0 Å². The molecule has 0 fully saturated rings. The van der Waals surface area contributed by atoms with Crippen LogP contribution in [0.3, 0.4) is 0 Å². The highest BCUT2D eigenvalue weighted by Crippen LogP contribution is 2.26. The monoisotopic (exact) mass is 324 g/mol. The molecule has 2 aromatic rings. The number of hydrogen-bond acceptors (Lipinski definition) is 3. The molecular weight excluding hydrogens is 312 g/mol. The maximum atomic E-state index is 12.3. The first-order valence-corrected chi connectivity index (χ1v) is 7.40. The molecule has 0 aliphatic heterocycles. The van der Waals surface area contributed by atoms with Crippen molar-refractivity contribution in [1.29, 1.82) is 0 Å². The van der Waals surface area contributed by atoms with Crippen LogP contribution in [0.15, 0.2) is 40.2 Å². The van der Waals surface area contributed by atoms with E-state index in [0.717, 1.165) is 21.5 Å². The maximum absolute atomic E-state index is 12.3. The van der Waals surface area contributed by atoms with E-state index in [1.54, 1.807) is 6.07 Å². The first-order valence-electron chi connectivity index (χ1n) is 5.73. The highest BCUT2D eigenvalue weighted by molar-refractivity contribution is 9.10. The number of benzene rings is 1. The zero-order chi connectivity index (χ0) is 13.0. The topological polar surface area (TPSA) is 26.3 Å². The third-order valence-corrected chi connectivity index (χ3v) is 4.23. The minimum absolute atomic E-state index is 0.0267. The number of rotatable bonds is 5. The van der Waals surface area contributed by atoms with Crippen LogP contribution in [-0.4, -0.2) is 12.4 Å². The highest BCUT2D eigenvalue weighted by atomic mass is 79.9. The molecule has 0 atom stereocenters. The van der Waals surface area contributed by atoms with Crippen LogP contribution in [0.1, 0.15) is 28.6 Å². The second-order valence-electron chi connectivity index (χ2n) is 3.80. The van der Waals surface area contributed by atoms with Crippen LogP contribution in [0.2, 0.25) is 0 Å². The van der Waals surface area contributed by atoms with E-state index in [2.05, 4.69) is 22.9 Å². The van der Waals surface area contributed by atoms with Crippen molar-refractivity contribution in [3.8, 4) is 5.75 Å². The second kappa shape index (κ2) is 6.16. The third-order valence-electron chi connectivity index (χ3n) is 2.39. The minimum atomic E-state index is 0.0267. The van der Waals surface area contributed by atoms with Gasteiger partial charge in [-0.05, 0) is 45.9 Å². The van der Waals surface area contributed by atoms with Gasteiger partial charge in [0.1, 0.15) is 5.75 Å². The van der Waals surface area contributed by atoms with E-state index in [-0.39, 0.29) is 5.78 Å². The lowest BCUT2D eigenvalue weighted by Gasteiger charge is -2.06. The van der Waals surface area contributed by atoms with E-state index in [4.69, 9.17) is 4.74 Å². The summed E-state index contributed by atoms with van der Waals surface area (Å²) >= 11 is 4.82. The summed E-state index contributed by atoms with van der Waals surface area (Å²) in [6.07, 6.45) is 0.953. The first kappa shape index (κ1) is 13.3. The van der Waals surface area contributed by atoms with Crippen molar-refractivity contribution in [2.75, 3.05) is 6.61 Å². The van der Waals surface area contributed by atoms with E-state index in [1.165, 1.54) is 11.3 Å². The standard InChI is InChI=1S/C14H13BrO2S/c1-2-7-17-11-5-3-4-10(9-11)13(16)14-12(15)6-8-18-14/h3-6,8-9H,2,7H2,1H3. The maximum Gasteiger partial charge on any atom is 0.204 e. The van der Waals surface area contributed by atoms with Crippen molar-refractivity contribution < 1.29 is 9.53 Å². The number of ether oxygens (including phenoxy) is 1. The Kier molecular flexibility index (Phi) is 4.55. The fourth-order valence-corrected chi connectivity index (χ4v) is 3.05. The smallest absolute Gasteiger partial charge is 0.204 e. The van der Waals surface area contributed by atoms with Gasteiger partial charge in [-0.3, -0.25) is 4.79 Å². The lowest BCUT2D eigenvalue weighted by molar-refractivity contribution is 0.104. The largest absolute Gasteiger partial charge is 0.494 e. The van der Waals surface area contributed by atoms with Gasteiger partial charge in [-0.25, -0.2) is 0 Å². The van der Waals surface area contributed by atoms with Gasteiger partial charge in [0, 0.05) is 10.0 Å². The SMILES string of the molecule is CCCOc1cccc(C(=O)c2sccc2Br)c1. The van der Waals surface area contributed by atoms with E-state index in [1.807, 2.05) is 29.6 Å². The van der Waals surface area contributed by atoms with E-state index < -0.39 is 0 Å². The molecule has 0 N–H and O–H groups in total. The summed E-state index contributed by atoms with van der Waals surface area (Å²) in [6, 6.07) is 9.21. The summed E-state index contributed by atoms with van der Waals surface area (Å²) in [5, 5.41) is 1.90. The number of carbonyl (C=O) groups excluding carboxylic acids is 1. The Morgan fingerprint density at radius 1 is 1.39 bits per heavy atom. The molecule has 0 spiro atoms. The van der Waals surface area contributed by atoms with Crippen molar-refractivity contribution in [2.24, 2.45) is 0 Å². The molecule has 0 aliphatic carbocycles. The van der Waals surface area contributed by atoms with E-state index in [0.29, 0.717) is 12.2 Å². The zero-order valence-corrected chi connectivity index (χ0v) is 12.4. The fraction of sp³-hybridized carbons (Fsp3) is 0.214. The zero-order valence-electron chi connectivity index (χ0n) is 9.98. The van der Waals surface area contributed by atoms with Crippen LogP contribution in [-0.2, 0) is 0 Å². The Morgan fingerprint density at radius 2 is 2.22 bits per heavy atom. The molecule has 0 bridgehead atoms. The molecule has 94 valence electrons. The molecule has 1 heterocycles. The average molecular weight is 325 g/mol. The van der Waals surface area contributed by atoms with Crippen LogP contribution in [0.4, 0.5) is 0 Å². The molecule has 4 heteroatoms. The number of ketones is 1. The summed E-state index contributed by atoms with van der Waals surface area (Å²) in [4.78, 5) is 13.0. The molecule has 2 nitrogen and oxygen atoms in total. The Labute approximate surface area is 119 Å². The van der Waals surface area contributed by atoms with Crippen LogP contribution in [0, 0.1) is 0 Å². The molecule has 0 amide bonds. The van der Waals surface area contributed by atoms with Crippen molar-refractivity contribution in [1.82, 2.24) is 0 Å². The van der Waals surface area contributed by atoms with Gasteiger partial charge >= 0.3 is 0 Å². The normalized spacial score (nSPS) is 10.3. The van der Waals surface area contributed by atoms with Crippen LogP contribution >= 0.6 is 27.3 Å². The van der Waals surface area contributed by atoms with Gasteiger partial charge in [-0.1, -0.05) is 19.1 Å².